The minimum atomic E-state index is -0.225. The molecule has 3 heteroatoms. The number of hydrogen-bond donors (Lipinski definition) is 2. The molecule has 13 heavy (non-hydrogen) atoms. The van der Waals surface area contributed by atoms with Crippen molar-refractivity contribution in [3.8, 4) is 0 Å². The summed E-state index contributed by atoms with van der Waals surface area (Å²) < 4.78 is 7.70. The number of nitrogens with one attached hydrogen (secondary N) is 1. The Bertz CT molecular complexity index is 199. The molecule has 1 aliphatic heterocycles. The van der Waals surface area contributed by atoms with E-state index >= 15 is 0 Å². The zero-order valence-electron chi connectivity index (χ0n) is 9.33. The third-order valence-electron chi connectivity index (χ3n) is 2.75. The highest BCUT2D eigenvalue weighted by atomic mass is 16.1. The predicted octanol–water partition coefficient (Wildman–Crippen LogP) is 1.03. The van der Waals surface area contributed by atoms with Crippen LogP contribution >= 0.6 is 0 Å². The van der Waals surface area contributed by atoms with E-state index in [0.717, 1.165) is 32.2 Å². The first-order chi connectivity index (χ1) is 6.61. The summed E-state index contributed by atoms with van der Waals surface area (Å²) in [4.78, 5) is 10.8. The molecule has 0 aromatic carbocycles. The maximum absolute atomic E-state index is 10.8. The van der Waals surface area contributed by atoms with E-state index in [4.69, 9.17) is 7.15 Å². The third-order valence-corrected chi connectivity index (χ3v) is 2.75. The molecule has 1 fully saturated rings. The fourth-order valence-corrected chi connectivity index (χ4v) is 1.68. The topological polar surface area (TPSA) is 55.1 Å². The van der Waals surface area contributed by atoms with Gasteiger partial charge >= 0.3 is 0 Å². The SMILES string of the molecule is [3H]N1CCCC[C@H]1CCC(C)C(N)=O. The maximum atomic E-state index is 10.8. The fraction of sp³-hybridized carbons (Fsp3) is 0.900. The van der Waals surface area contributed by atoms with Gasteiger partial charge in [-0.1, -0.05) is 13.3 Å². The molecule has 3 N–H and O–H groups in total. The molecule has 0 radical (unpaired) electrons. The van der Waals surface area contributed by atoms with Crippen LogP contribution in [0.5, 0.6) is 0 Å². The Balaban J connectivity index is 2.25. The Morgan fingerprint density at radius 2 is 2.54 bits per heavy atom. The molecular formula is C10H20N2O. The van der Waals surface area contributed by atoms with Crippen LogP contribution in [0.4, 0.5) is 0 Å². The largest absolute Gasteiger partial charge is 0.369 e. The van der Waals surface area contributed by atoms with Gasteiger partial charge in [0, 0.05) is 12.0 Å². The molecule has 1 amide bonds. The van der Waals surface area contributed by atoms with Crippen molar-refractivity contribution in [2.24, 2.45) is 11.7 Å². The average Bonchev–Trinajstić information content (AvgIpc) is 2.16. The van der Waals surface area contributed by atoms with Gasteiger partial charge in [0.1, 0.15) is 1.41 Å². The van der Waals surface area contributed by atoms with Gasteiger partial charge in [-0.05, 0) is 32.2 Å². The van der Waals surface area contributed by atoms with Crippen molar-refractivity contribution in [1.82, 2.24) is 5.31 Å². The van der Waals surface area contributed by atoms with Crippen LogP contribution < -0.4 is 11.0 Å². The number of piperidine rings is 1. The Hall–Kier alpha value is -0.570. The van der Waals surface area contributed by atoms with E-state index < -0.39 is 0 Å². The molecule has 1 aliphatic rings. The van der Waals surface area contributed by atoms with E-state index in [1.807, 2.05) is 6.92 Å². The normalized spacial score (nSPS) is 28.1. The molecule has 1 saturated heterocycles. The summed E-state index contributed by atoms with van der Waals surface area (Å²) in [6, 6.07) is 0.338. The van der Waals surface area contributed by atoms with Crippen LogP contribution in [0.1, 0.15) is 39.0 Å². The number of carbonyl (C=O) groups is 1. The number of hydrogen-bond acceptors (Lipinski definition) is 2. The summed E-state index contributed by atoms with van der Waals surface area (Å²) in [6.07, 6.45) is 5.17. The highest BCUT2D eigenvalue weighted by Crippen LogP contribution is 2.14. The van der Waals surface area contributed by atoms with Gasteiger partial charge in [0.15, 0.2) is 0 Å². The molecule has 1 unspecified atom stereocenters. The number of nitrogens with two attached hydrogens (primary N) is 1. The van der Waals surface area contributed by atoms with Crippen molar-refractivity contribution in [3.05, 3.63) is 0 Å². The van der Waals surface area contributed by atoms with Crippen molar-refractivity contribution < 1.29 is 6.21 Å². The van der Waals surface area contributed by atoms with Crippen LogP contribution in [0.3, 0.4) is 0 Å². The standard InChI is InChI=1S/C10H20N2O/c1-8(10(11)13)5-6-9-4-2-3-7-12-9/h8-9,12H,2-7H2,1H3,(H2,11,13)/t8?,9-/m0/s1/i/hT. The first kappa shape index (κ1) is 9.00. The van der Waals surface area contributed by atoms with E-state index in [9.17, 15) is 4.79 Å². The van der Waals surface area contributed by atoms with Crippen LogP contribution in [-0.2, 0) is 4.79 Å². The molecule has 1 heterocycles. The van der Waals surface area contributed by atoms with Crippen molar-refractivity contribution in [3.63, 3.8) is 0 Å². The Morgan fingerprint density at radius 1 is 1.77 bits per heavy atom. The lowest BCUT2D eigenvalue weighted by Crippen LogP contribution is -2.34. The van der Waals surface area contributed by atoms with Gasteiger partial charge in [0.25, 0.3) is 0 Å². The first-order valence-electron chi connectivity index (χ1n) is 5.61. The van der Waals surface area contributed by atoms with Crippen LogP contribution in [0.25, 0.3) is 0 Å². The van der Waals surface area contributed by atoms with E-state index in [1.54, 1.807) is 5.31 Å². The minimum absolute atomic E-state index is 0.0506. The highest BCUT2D eigenvalue weighted by molar-refractivity contribution is 5.76. The van der Waals surface area contributed by atoms with E-state index in [2.05, 4.69) is 0 Å². The Labute approximate surface area is 81.5 Å². The molecular weight excluding hydrogens is 164 g/mol. The summed E-state index contributed by atoms with van der Waals surface area (Å²) in [5.41, 5.74) is 5.19. The zero-order chi connectivity index (χ0) is 10.6. The number of rotatable bonds is 4. The van der Waals surface area contributed by atoms with Gasteiger partial charge in [-0.25, -0.2) is 0 Å². The highest BCUT2D eigenvalue weighted by Gasteiger charge is 2.15. The smallest absolute Gasteiger partial charge is 0.220 e. The maximum Gasteiger partial charge on any atom is 0.220 e. The molecule has 0 bridgehead atoms. The summed E-state index contributed by atoms with van der Waals surface area (Å²) in [5.74, 6) is -0.275. The Morgan fingerprint density at radius 3 is 3.15 bits per heavy atom. The van der Waals surface area contributed by atoms with Crippen molar-refractivity contribution >= 4 is 5.91 Å². The van der Waals surface area contributed by atoms with Crippen LogP contribution in [0.15, 0.2) is 0 Å². The van der Waals surface area contributed by atoms with Crippen molar-refractivity contribution in [2.75, 3.05) is 6.54 Å². The Kier molecular flexibility index (Phi) is 3.62. The molecule has 0 aromatic rings. The predicted molar refractivity (Wildman–Crippen MR) is 53.2 cm³/mol. The van der Waals surface area contributed by atoms with E-state index in [-0.39, 0.29) is 11.8 Å². The average molecular weight is 186 g/mol. The lowest BCUT2D eigenvalue weighted by atomic mass is 9.96. The number of carbonyl (C=O) groups excluding carboxylic acids is 1. The van der Waals surface area contributed by atoms with E-state index in [1.165, 1.54) is 6.42 Å². The second-order valence-electron chi connectivity index (χ2n) is 3.94. The van der Waals surface area contributed by atoms with Crippen LogP contribution in [0.2, 0.25) is 1.41 Å². The molecule has 76 valence electrons. The first-order valence-corrected chi connectivity index (χ1v) is 5.16. The molecule has 1 rings (SSSR count). The van der Waals surface area contributed by atoms with Gasteiger partial charge in [-0.2, -0.15) is 0 Å². The second-order valence-corrected chi connectivity index (χ2v) is 3.94. The molecule has 2 atom stereocenters. The molecule has 0 aliphatic carbocycles. The van der Waals surface area contributed by atoms with Gasteiger partial charge in [0.05, 0.1) is 0 Å². The summed E-state index contributed by atoms with van der Waals surface area (Å²) in [5, 5.41) is 1.66. The number of primary amides is 1. The van der Waals surface area contributed by atoms with E-state index in [0.29, 0.717) is 6.04 Å². The van der Waals surface area contributed by atoms with Gasteiger partial charge < -0.3 is 11.0 Å². The van der Waals surface area contributed by atoms with Crippen molar-refractivity contribution in [1.29, 1.82) is 0 Å². The van der Waals surface area contributed by atoms with Crippen LogP contribution in [-0.4, -0.2) is 18.5 Å². The summed E-state index contributed by atoms with van der Waals surface area (Å²) in [7, 11) is 0. The lowest BCUT2D eigenvalue weighted by Gasteiger charge is -2.24. The molecule has 0 spiro atoms. The van der Waals surface area contributed by atoms with Crippen LogP contribution in [0, 0.1) is 5.92 Å². The lowest BCUT2D eigenvalue weighted by molar-refractivity contribution is -0.121. The third kappa shape index (κ3) is 3.77. The minimum Gasteiger partial charge on any atom is -0.369 e. The van der Waals surface area contributed by atoms with Gasteiger partial charge in [0.2, 0.25) is 5.91 Å². The summed E-state index contributed by atoms with van der Waals surface area (Å²) in [6.45, 7) is 2.73. The zero-order valence-corrected chi connectivity index (χ0v) is 8.33. The van der Waals surface area contributed by atoms with Gasteiger partial charge in [-0.15, -0.1) is 0 Å². The van der Waals surface area contributed by atoms with Crippen molar-refractivity contribution in [2.45, 2.75) is 45.1 Å². The second kappa shape index (κ2) is 5.22. The molecule has 0 saturated carbocycles. The number of amides is 1. The summed E-state index contributed by atoms with van der Waals surface area (Å²) >= 11 is 0. The monoisotopic (exact) mass is 186 g/mol. The van der Waals surface area contributed by atoms with Gasteiger partial charge in [-0.3, -0.25) is 4.79 Å². The fourth-order valence-electron chi connectivity index (χ4n) is 1.68. The molecule has 0 aromatic heterocycles. The quantitative estimate of drug-likeness (QED) is 0.689. The molecule has 3 nitrogen and oxygen atoms in total.